The Bertz CT molecular complexity index is 790. The monoisotopic (exact) mass is 464 g/mol. The first-order chi connectivity index (χ1) is 15.5. The minimum atomic E-state index is -1.17. The fourth-order valence-electron chi connectivity index (χ4n) is 4.85. The zero-order valence-corrected chi connectivity index (χ0v) is 23.3. The van der Waals surface area contributed by atoms with Crippen molar-refractivity contribution in [2.24, 2.45) is 9.98 Å². The van der Waals surface area contributed by atoms with Crippen LogP contribution < -0.4 is 0 Å². The first kappa shape index (κ1) is 26.5. The van der Waals surface area contributed by atoms with Gasteiger partial charge < -0.3 is 0 Å². The van der Waals surface area contributed by atoms with E-state index in [4.69, 9.17) is 0 Å². The van der Waals surface area contributed by atoms with Crippen LogP contribution in [0.1, 0.15) is 52.7 Å². The van der Waals surface area contributed by atoms with Crippen LogP contribution in [0.3, 0.4) is 0 Å². The van der Waals surface area contributed by atoms with Crippen LogP contribution in [0.5, 0.6) is 0 Å². The van der Waals surface area contributed by atoms with Crippen molar-refractivity contribution in [3.63, 3.8) is 0 Å². The minimum absolute atomic E-state index is 1.03. The number of nitrogens with zero attached hydrogens (tertiary/aromatic N) is 2. The summed E-state index contributed by atoms with van der Waals surface area (Å²) in [5.41, 5.74) is 4.94. The van der Waals surface area contributed by atoms with Crippen LogP contribution in [0.25, 0.3) is 0 Å². The van der Waals surface area contributed by atoms with Crippen LogP contribution in [-0.4, -0.2) is 28.6 Å². The van der Waals surface area contributed by atoms with Gasteiger partial charge in [0.2, 0.25) is 0 Å². The largest absolute Gasteiger partial charge is 0.255 e. The molecule has 0 amide bonds. The van der Waals surface area contributed by atoms with Crippen LogP contribution in [0, 0.1) is 0 Å². The molecule has 0 unspecified atom stereocenters. The fraction of sp³-hybridized carbons (Fsp3) is 0.500. The summed E-state index contributed by atoms with van der Waals surface area (Å²) in [6.45, 7) is 14.3. The Morgan fingerprint density at radius 3 is 1.22 bits per heavy atom. The van der Waals surface area contributed by atoms with Gasteiger partial charge in [-0.1, -0.05) is 102 Å². The zero-order valence-electron chi connectivity index (χ0n) is 21.3. The Hall–Kier alpha value is -1.79. The molecule has 0 aliphatic carbocycles. The van der Waals surface area contributed by atoms with Gasteiger partial charge in [0, 0.05) is 12.4 Å². The van der Waals surface area contributed by atoms with Crippen molar-refractivity contribution < 1.29 is 0 Å². The molecule has 0 aliphatic heterocycles. The van der Waals surface area contributed by atoms with Crippen molar-refractivity contribution in [2.45, 2.75) is 89.9 Å². The van der Waals surface area contributed by atoms with Gasteiger partial charge in [0.25, 0.3) is 0 Å². The SMILES string of the molecule is CC[Si](CC)(CC)Cc1cccc(N=CC=Nc2cccc(C[Si](CC)(CC)CC)c2)c1. The number of hydrogen-bond acceptors (Lipinski definition) is 2. The van der Waals surface area contributed by atoms with E-state index < -0.39 is 16.1 Å². The van der Waals surface area contributed by atoms with Crippen molar-refractivity contribution in [1.29, 1.82) is 0 Å². The second kappa shape index (κ2) is 13.0. The molecule has 0 bridgehead atoms. The Labute approximate surface area is 199 Å². The lowest BCUT2D eigenvalue weighted by atomic mass is 10.2. The van der Waals surface area contributed by atoms with Gasteiger partial charge in [0.15, 0.2) is 0 Å². The molecule has 2 aromatic carbocycles. The average Bonchev–Trinajstić information content (AvgIpc) is 2.84. The summed E-state index contributed by atoms with van der Waals surface area (Å²) in [5, 5.41) is 0. The van der Waals surface area contributed by atoms with Crippen LogP contribution in [-0.2, 0) is 12.1 Å². The number of aliphatic imine (C=N–C) groups is 2. The third-order valence-corrected chi connectivity index (χ3v) is 19.3. The van der Waals surface area contributed by atoms with E-state index >= 15 is 0 Å². The van der Waals surface area contributed by atoms with Crippen LogP contribution in [0.2, 0.25) is 36.3 Å². The molecule has 0 atom stereocenters. The molecule has 174 valence electrons. The molecule has 0 radical (unpaired) electrons. The first-order valence-corrected chi connectivity index (χ1v) is 18.4. The molecule has 2 aromatic rings. The normalized spacial score (nSPS) is 12.8. The van der Waals surface area contributed by atoms with Gasteiger partial charge in [-0.25, -0.2) is 0 Å². The Morgan fingerprint density at radius 1 is 0.562 bits per heavy atom. The van der Waals surface area contributed by atoms with Gasteiger partial charge >= 0.3 is 0 Å². The fourth-order valence-corrected chi connectivity index (χ4v) is 11.5. The summed E-state index contributed by atoms with van der Waals surface area (Å²) in [6, 6.07) is 28.2. The summed E-state index contributed by atoms with van der Waals surface area (Å²) in [5.74, 6) is 0. The second-order valence-corrected chi connectivity index (χ2v) is 20.3. The van der Waals surface area contributed by atoms with Crippen molar-refractivity contribution in [3.8, 4) is 0 Å². The Kier molecular flexibility index (Phi) is 10.8. The lowest BCUT2D eigenvalue weighted by molar-refractivity contribution is 1.10. The summed E-state index contributed by atoms with van der Waals surface area (Å²) in [7, 11) is -2.34. The molecule has 0 saturated heterocycles. The molecule has 2 rings (SSSR count). The molecule has 0 aromatic heterocycles. The molecule has 4 heteroatoms. The first-order valence-electron chi connectivity index (χ1n) is 12.7. The molecule has 2 nitrogen and oxygen atoms in total. The minimum Gasteiger partial charge on any atom is -0.255 e. The lowest BCUT2D eigenvalue weighted by Gasteiger charge is -2.28. The summed E-state index contributed by atoms with van der Waals surface area (Å²) in [6.07, 6.45) is 3.66. The summed E-state index contributed by atoms with van der Waals surface area (Å²) in [4.78, 5) is 9.32. The van der Waals surface area contributed by atoms with Gasteiger partial charge in [-0.15, -0.1) is 0 Å². The van der Waals surface area contributed by atoms with Crippen molar-refractivity contribution in [1.82, 2.24) is 0 Å². The van der Waals surface area contributed by atoms with Gasteiger partial charge in [-0.05, 0) is 47.5 Å². The second-order valence-electron chi connectivity index (χ2n) is 9.37. The molecule has 0 aliphatic rings. The highest BCUT2D eigenvalue weighted by Crippen LogP contribution is 2.27. The van der Waals surface area contributed by atoms with E-state index in [1.54, 1.807) is 0 Å². The van der Waals surface area contributed by atoms with Gasteiger partial charge in [-0.3, -0.25) is 9.98 Å². The standard InChI is InChI=1S/C28H44N2Si2/c1-7-31(8-2,9-3)23-25-15-13-17-27(21-25)29-19-20-30-28-18-14-16-26(22-28)24-32(10-4,11-5)12-6/h13-22H,7-12,23-24H2,1-6H3. The van der Waals surface area contributed by atoms with E-state index in [2.05, 4.69) is 100 Å². The predicted octanol–water partition coefficient (Wildman–Crippen LogP) is 8.97. The maximum atomic E-state index is 4.66. The topological polar surface area (TPSA) is 24.7 Å². The molecular weight excluding hydrogens is 420 g/mol. The van der Waals surface area contributed by atoms with E-state index in [1.807, 2.05) is 12.4 Å². The number of benzene rings is 2. The van der Waals surface area contributed by atoms with E-state index in [0.29, 0.717) is 0 Å². The van der Waals surface area contributed by atoms with Gasteiger partial charge in [0.1, 0.15) is 0 Å². The third-order valence-electron chi connectivity index (χ3n) is 7.99. The number of rotatable bonds is 13. The van der Waals surface area contributed by atoms with Crippen molar-refractivity contribution in [3.05, 3.63) is 59.7 Å². The van der Waals surface area contributed by atoms with Gasteiger partial charge in [0.05, 0.1) is 27.5 Å². The molecule has 0 fully saturated rings. The van der Waals surface area contributed by atoms with E-state index in [0.717, 1.165) is 11.4 Å². The molecule has 0 N–H and O–H groups in total. The molecular formula is C28H44N2Si2. The zero-order chi connectivity index (χ0) is 23.5. The quantitative estimate of drug-likeness (QED) is 0.209. The highest BCUT2D eigenvalue weighted by Gasteiger charge is 2.27. The van der Waals surface area contributed by atoms with Crippen LogP contribution in [0.4, 0.5) is 11.4 Å². The van der Waals surface area contributed by atoms with E-state index in [9.17, 15) is 0 Å². The molecule has 0 heterocycles. The summed E-state index contributed by atoms with van der Waals surface area (Å²) >= 11 is 0. The summed E-state index contributed by atoms with van der Waals surface area (Å²) < 4.78 is 0. The molecule has 0 spiro atoms. The molecule has 32 heavy (non-hydrogen) atoms. The smallest absolute Gasteiger partial charge is 0.0632 e. The van der Waals surface area contributed by atoms with Crippen molar-refractivity contribution in [2.75, 3.05) is 0 Å². The maximum Gasteiger partial charge on any atom is 0.0632 e. The Morgan fingerprint density at radius 2 is 0.906 bits per heavy atom. The number of hydrogen-bond donors (Lipinski definition) is 0. The molecule has 0 saturated carbocycles. The van der Waals surface area contributed by atoms with E-state index in [1.165, 1.54) is 59.5 Å². The maximum absolute atomic E-state index is 4.66. The van der Waals surface area contributed by atoms with Crippen molar-refractivity contribution >= 4 is 40.0 Å². The average molecular weight is 465 g/mol. The highest BCUT2D eigenvalue weighted by molar-refractivity contribution is 6.79. The lowest BCUT2D eigenvalue weighted by Crippen LogP contribution is -2.34. The van der Waals surface area contributed by atoms with Crippen LogP contribution in [0.15, 0.2) is 58.5 Å². The predicted molar refractivity (Wildman–Crippen MR) is 151 cm³/mol. The van der Waals surface area contributed by atoms with E-state index in [-0.39, 0.29) is 0 Å². The highest BCUT2D eigenvalue weighted by atomic mass is 28.3. The van der Waals surface area contributed by atoms with Crippen LogP contribution >= 0.6 is 0 Å². The Balaban J connectivity index is 2.07. The van der Waals surface area contributed by atoms with Gasteiger partial charge in [-0.2, -0.15) is 0 Å². The third kappa shape index (κ3) is 7.38.